The predicted octanol–water partition coefficient (Wildman–Crippen LogP) is 3.16. The molecule has 0 aromatic heterocycles. The highest BCUT2D eigenvalue weighted by Crippen LogP contribution is 2.31. The van der Waals surface area contributed by atoms with Crippen molar-refractivity contribution in [1.82, 2.24) is 5.43 Å². The smallest absolute Gasteiger partial charge is 0.271 e. The van der Waals surface area contributed by atoms with Gasteiger partial charge in [0.05, 0.1) is 10.7 Å². The topological polar surface area (TPSA) is 67.8 Å². The van der Waals surface area contributed by atoms with E-state index < -0.39 is 0 Å². The van der Waals surface area contributed by atoms with Crippen molar-refractivity contribution in [3.8, 4) is 5.75 Å². The van der Waals surface area contributed by atoms with Crippen LogP contribution < -0.4 is 10.2 Å². The van der Waals surface area contributed by atoms with Crippen LogP contribution in [0.25, 0.3) is 0 Å². The second kappa shape index (κ2) is 6.76. The Morgan fingerprint density at radius 3 is 2.68 bits per heavy atom. The van der Waals surface area contributed by atoms with Crippen LogP contribution in [-0.4, -0.2) is 24.5 Å². The summed E-state index contributed by atoms with van der Waals surface area (Å²) in [5.74, 6) is 0.607. The summed E-state index contributed by atoms with van der Waals surface area (Å²) in [6.07, 6.45) is 1.61. The number of hydrogen-bond acceptors (Lipinski definition) is 4. The minimum Gasteiger partial charge on any atom is -0.496 e. The molecular formula is C16H19IN2O3. The Bertz CT molecular complexity index is 638. The maximum Gasteiger partial charge on any atom is 0.271 e. The highest BCUT2D eigenvalue weighted by Gasteiger charge is 2.30. The molecule has 118 valence electrons. The Morgan fingerprint density at radius 2 is 2.09 bits per heavy atom. The van der Waals surface area contributed by atoms with Crippen molar-refractivity contribution < 1.29 is 14.3 Å². The number of nitrogens with zero attached hydrogens (tertiary/aromatic N) is 1. The van der Waals surface area contributed by atoms with Crippen LogP contribution in [-0.2, 0) is 4.79 Å². The number of benzene rings is 1. The van der Waals surface area contributed by atoms with E-state index in [1.165, 1.54) is 0 Å². The first-order valence-corrected chi connectivity index (χ1v) is 8.09. The van der Waals surface area contributed by atoms with Gasteiger partial charge >= 0.3 is 0 Å². The molecule has 1 saturated carbocycles. The van der Waals surface area contributed by atoms with Crippen molar-refractivity contribution in [3.63, 3.8) is 0 Å². The fourth-order valence-corrected chi connectivity index (χ4v) is 3.32. The molecular weight excluding hydrogens is 395 g/mol. The molecule has 0 radical (unpaired) electrons. The number of hydrogen-bond donors (Lipinski definition) is 1. The molecule has 1 amide bonds. The van der Waals surface area contributed by atoms with E-state index in [4.69, 9.17) is 4.74 Å². The lowest BCUT2D eigenvalue weighted by molar-refractivity contribution is -0.120. The first kappa shape index (κ1) is 16.9. The molecule has 1 N–H and O–H groups in total. The third-order valence-corrected chi connectivity index (χ3v) is 4.33. The molecule has 1 aromatic rings. The number of ether oxygens (including phenoxy) is 1. The molecule has 0 aliphatic heterocycles. The molecule has 5 nitrogen and oxygen atoms in total. The molecule has 0 heterocycles. The molecule has 0 atom stereocenters. The highest BCUT2D eigenvalue weighted by molar-refractivity contribution is 14.1. The third kappa shape index (κ3) is 4.28. The first-order valence-electron chi connectivity index (χ1n) is 7.02. The molecule has 1 aliphatic rings. The lowest BCUT2D eigenvalue weighted by atomic mass is 9.76. The molecule has 2 rings (SSSR count). The van der Waals surface area contributed by atoms with Crippen LogP contribution >= 0.6 is 22.6 Å². The summed E-state index contributed by atoms with van der Waals surface area (Å²) in [5, 5.41) is 4.14. The van der Waals surface area contributed by atoms with E-state index in [1.807, 2.05) is 13.8 Å². The molecule has 0 unspecified atom stereocenters. The van der Waals surface area contributed by atoms with E-state index in [0.29, 0.717) is 18.4 Å². The summed E-state index contributed by atoms with van der Waals surface area (Å²) in [6, 6.07) is 5.18. The second-order valence-electron chi connectivity index (χ2n) is 6.20. The molecule has 1 aliphatic carbocycles. The fraction of sp³-hybridized carbons (Fsp3) is 0.438. The number of methoxy groups -OCH3 is 1. The lowest BCUT2D eigenvalue weighted by Gasteiger charge is -2.29. The van der Waals surface area contributed by atoms with Gasteiger partial charge in [-0.25, -0.2) is 5.43 Å². The number of nitrogens with one attached hydrogen (secondary N) is 1. The van der Waals surface area contributed by atoms with Crippen LogP contribution in [0.3, 0.4) is 0 Å². The molecule has 0 bridgehead atoms. The maximum absolute atomic E-state index is 12.1. The van der Waals surface area contributed by atoms with E-state index in [-0.39, 0.29) is 17.1 Å². The standard InChI is InChI=1S/C16H19IN2O3/c1-16(2)8-11(7-12(20)9-16)18-19-15(21)10-4-5-14(22-3)13(17)6-10/h4-6H,7-9H2,1-3H3,(H,19,21)/b18-11-. The van der Waals surface area contributed by atoms with E-state index in [2.05, 4.69) is 33.1 Å². The molecule has 1 fully saturated rings. The van der Waals surface area contributed by atoms with Crippen LogP contribution in [0, 0.1) is 8.99 Å². The third-order valence-electron chi connectivity index (χ3n) is 3.49. The normalized spacial score (nSPS) is 19.1. The van der Waals surface area contributed by atoms with Crippen LogP contribution in [0.5, 0.6) is 5.75 Å². The van der Waals surface area contributed by atoms with Crippen LogP contribution in [0.1, 0.15) is 43.5 Å². The first-order chi connectivity index (χ1) is 10.3. The van der Waals surface area contributed by atoms with Gasteiger partial charge in [-0.3, -0.25) is 9.59 Å². The van der Waals surface area contributed by atoms with Gasteiger partial charge in [0.15, 0.2) is 0 Å². The number of carbonyl (C=O) groups excluding carboxylic acids is 2. The summed E-state index contributed by atoms with van der Waals surface area (Å²) in [4.78, 5) is 23.8. The van der Waals surface area contributed by atoms with Crippen LogP contribution in [0.15, 0.2) is 23.3 Å². The zero-order valence-corrected chi connectivity index (χ0v) is 15.1. The number of ketones is 1. The maximum atomic E-state index is 12.1. The van der Waals surface area contributed by atoms with Crippen molar-refractivity contribution in [2.45, 2.75) is 33.1 Å². The zero-order valence-electron chi connectivity index (χ0n) is 12.9. The minimum atomic E-state index is -0.288. The molecule has 0 saturated heterocycles. The Labute approximate surface area is 143 Å². The lowest BCUT2D eigenvalue weighted by Crippen LogP contribution is -2.31. The minimum absolute atomic E-state index is 0.0889. The predicted molar refractivity (Wildman–Crippen MR) is 93.3 cm³/mol. The summed E-state index contributed by atoms with van der Waals surface area (Å²) in [7, 11) is 1.59. The molecule has 0 spiro atoms. The van der Waals surface area contributed by atoms with E-state index in [9.17, 15) is 9.59 Å². The van der Waals surface area contributed by atoms with Gasteiger partial charge in [-0.15, -0.1) is 0 Å². The van der Waals surface area contributed by atoms with Crippen LogP contribution in [0.2, 0.25) is 0 Å². The summed E-state index contributed by atoms with van der Waals surface area (Å²) in [5.41, 5.74) is 3.70. The fourth-order valence-electron chi connectivity index (χ4n) is 2.58. The average molecular weight is 414 g/mol. The van der Waals surface area contributed by atoms with E-state index in [1.54, 1.807) is 25.3 Å². The highest BCUT2D eigenvalue weighted by atomic mass is 127. The number of carbonyl (C=O) groups is 2. The number of amides is 1. The van der Waals surface area contributed by atoms with Crippen molar-refractivity contribution in [2.24, 2.45) is 10.5 Å². The van der Waals surface area contributed by atoms with Crippen molar-refractivity contribution in [3.05, 3.63) is 27.3 Å². The Balaban J connectivity index is 2.07. The molecule has 1 aromatic carbocycles. The van der Waals surface area contributed by atoms with Crippen LogP contribution in [0.4, 0.5) is 0 Å². The monoisotopic (exact) mass is 414 g/mol. The van der Waals surface area contributed by atoms with E-state index >= 15 is 0 Å². The van der Waals surface area contributed by atoms with Crippen molar-refractivity contribution in [2.75, 3.05) is 7.11 Å². The summed E-state index contributed by atoms with van der Waals surface area (Å²) < 4.78 is 6.02. The zero-order chi connectivity index (χ0) is 16.3. The van der Waals surface area contributed by atoms with Gasteiger partial charge in [-0.05, 0) is 52.6 Å². The van der Waals surface area contributed by atoms with Gasteiger partial charge in [-0.1, -0.05) is 13.8 Å². The number of halogens is 1. The SMILES string of the molecule is COc1ccc(C(=O)N/N=C2/CC(=O)CC(C)(C)C2)cc1I. The van der Waals surface area contributed by atoms with Crippen molar-refractivity contribution >= 4 is 40.0 Å². The van der Waals surface area contributed by atoms with Gasteiger partial charge in [0.1, 0.15) is 11.5 Å². The quantitative estimate of drug-likeness (QED) is 0.611. The number of rotatable bonds is 3. The largest absolute Gasteiger partial charge is 0.496 e. The average Bonchev–Trinajstić information content (AvgIpc) is 2.42. The number of hydrazone groups is 1. The summed E-state index contributed by atoms with van der Waals surface area (Å²) in [6.45, 7) is 4.07. The Kier molecular flexibility index (Phi) is 5.20. The Morgan fingerprint density at radius 1 is 1.36 bits per heavy atom. The number of Topliss-reactive ketones (excluding diaryl/α,β-unsaturated/α-hetero) is 1. The van der Waals surface area contributed by atoms with Gasteiger partial charge < -0.3 is 4.74 Å². The summed E-state index contributed by atoms with van der Waals surface area (Å²) >= 11 is 2.11. The van der Waals surface area contributed by atoms with Crippen molar-refractivity contribution in [1.29, 1.82) is 0 Å². The second-order valence-corrected chi connectivity index (χ2v) is 7.36. The van der Waals surface area contributed by atoms with Gasteiger partial charge in [0, 0.05) is 24.1 Å². The van der Waals surface area contributed by atoms with Gasteiger partial charge in [0.2, 0.25) is 0 Å². The molecule has 22 heavy (non-hydrogen) atoms. The van der Waals surface area contributed by atoms with E-state index in [0.717, 1.165) is 21.5 Å². The van der Waals surface area contributed by atoms with Gasteiger partial charge in [0.25, 0.3) is 5.91 Å². The van der Waals surface area contributed by atoms with Gasteiger partial charge in [-0.2, -0.15) is 5.10 Å². The Hall–Kier alpha value is -1.44. The molecule has 6 heteroatoms.